The van der Waals surface area contributed by atoms with Gasteiger partial charge in [-0.05, 0) is 30.7 Å². The van der Waals surface area contributed by atoms with E-state index in [-0.39, 0.29) is 23.6 Å². The Morgan fingerprint density at radius 3 is 3.15 bits per heavy atom. The zero-order valence-electron chi connectivity index (χ0n) is 10.9. The molecule has 0 radical (unpaired) electrons. The number of anilines is 1. The number of carbonyl (C=O) groups excluding carboxylic acids is 1. The molecule has 1 fully saturated rings. The van der Waals surface area contributed by atoms with Crippen LogP contribution in [0.4, 0.5) is 5.69 Å². The van der Waals surface area contributed by atoms with E-state index in [4.69, 9.17) is 15.7 Å². The van der Waals surface area contributed by atoms with E-state index in [0.29, 0.717) is 11.4 Å². The third-order valence-electron chi connectivity index (χ3n) is 2.84. The van der Waals surface area contributed by atoms with Crippen molar-refractivity contribution in [2.24, 2.45) is 10.9 Å². The van der Waals surface area contributed by atoms with Crippen molar-refractivity contribution in [2.45, 2.75) is 18.1 Å². The number of benzene rings is 1. The lowest BCUT2D eigenvalue weighted by Gasteiger charge is -2.11. The molecule has 108 valence electrons. The highest BCUT2D eigenvalue weighted by Crippen LogP contribution is 2.27. The number of oxime groups is 1. The third kappa shape index (κ3) is 4.06. The topological polar surface area (TPSA) is 96.9 Å². The number of hydrogen-bond donors (Lipinski definition) is 3. The molecule has 2 rings (SSSR count). The van der Waals surface area contributed by atoms with Crippen LogP contribution in [0.1, 0.15) is 12.8 Å². The molecule has 0 aliphatic carbocycles. The van der Waals surface area contributed by atoms with E-state index in [2.05, 4.69) is 10.5 Å². The summed E-state index contributed by atoms with van der Waals surface area (Å²) in [6, 6.07) is 7.03. The Balaban J connectivity index is 1.93. The van der Waals surface area contributed by atoms with E-state index in [9.17, 15) is 4.79 Å². The van der Waals surface area contributed by atoms with Gasteiger partial charge in [0.1, 0.15) is 12.4 Å². The minimum atomic E-state index is -0.0122. The first kappa shape index (κ1) is 14.5. The maximum atomic E-state index is 12.0. The summed E-state index contributed by atoms with van der Waals surface area (Å²) in [6.45, 7) is -0.00756. The van der Waals surface area contributed by atoms with Crippen molar-refractivity contribution >= 4 is 29.2 Å². The Morgan fingerprint density at radius 1 is 1.60 bits per heavy atom. The Bertz CT molecular complexity index is 501. The molecule has 0 saturated carbocycles. The second-order valence-corrected chi connectivity index (χ2v) is 5.71. The van der Waals surface area contributed by atoms with E-state index in [1.165, 1.54) is 0 Å². The lowest BCUT2D eigenvalue weighted by Crippen LogP contribution is -2.23. The molecule has 0 spiro atoms. The van der Waals surface area contributed by atoms with Crippen LogP contribution in [0.25, 0.3) is 0 Å². The van der Waals surface area contributed by atoms with Crippen molar-refractivity contribution in [2.75, 3.05) is 17.7 Å². The molecule has 1 saturated heterocycles. The van der Waals surface area contributed by atoms with Gasteiger partial charge in [0.2, 0.25) is 5.91 Å². The zero-order valence-corrected chi connectivity index (χ0v) is 11.7. The predicted octanol–water partition coefficient (Wildman–Crippen LogP) is 1.65. The highest BCUT2D eigenvalue weighted by Gasteiger charge is 2.23. The Morgan fingerprint density at radius 2 is 2.45 bits per heavy atom. The zero-order chi connectivity index (χ0) is 14.4. The van der Waals surface area contributed by atoms with Gasteiger partial charge < -0.3 is 21.0 Å². The van der Waals surface area contributed by atoms with Gasteiger partial charge in [-0.3, -0.25) is 4.79 Å². The molecular formula is C13H17N3O3S. The fourth-order valence-electron chi connectivity index (χ4n) is 1.86. The fraction of sp³-hybridized carbons (Fsp3) is 0.385. The van der Waals surface area contributed by atoms with E-state index in [1.807, 2.05) is 0 Å². The van der Waals surface area contributed by atoms with Gasteiger partial charge in [0.15, 0.2) is 5.84 Å². The molecule has 4 N–H and O–H groups in total. The van der Waals surface area contributed by atoms with E-state index in [0.717, 1.165) is 18.6 Å². The molecule has 1 unspecified atom stereocenters. The maximum Gasteiger partial charge on any atom is 0.237 e. The molecule has 0 aromatic heterocycles. The summed E-state index contributed by atoms with van der Waals surface area (Å²) >= 11 is 1.69. The Labute approximate surface area is 121 Å². The normalized spacial score (nSPS) is 18.8. The smallest absolute Gasteiger partial charge is 0.237 e. The van der Waals surface area contributed by atoms with Crippen LogP contribution in [0, 0.1) is 0 Å². The molecule has 1 amide bonds. The standard InChI is InChI=1S/C13H17N3O3S/c14-12(16-18)8-19-10-4-1-3-9(7-10)15-13(17)11-5-2-6-20-11/h1,3-4,7,11,18H,2,5-6,8H2,(H2,14,16)(H,15,17). The first-order valence-electron chi connectivity index (χ1n) is 6.31. The monoisotopic (exact) mass is 295 g/mol. The first-order chi connectivity index (χ1) is 9.69. The van der Waals surface area contributed by atoms with Crippen LogP contribution in [0.15, 0.2) is 29.4 Å². The second kappa shape index (κ2) is 7.04. The van der Waals surface area contributed by atoms with E-state index < -0.39 is 0 Å². The number of thioether (sulfide) groups is 1. The van der Waals surface area contributed by atoms with Gasteiger partial charge >= 0.3 is 0 Å². The highest BCUT2D eigenvalue weighted by atomic mass is 32.2. The van der Waals surface area contributed by atoms with Gasteiger partial charge in [-0.1, -0.05) is 11.2 Å². The molecule has 1 aromatic carbocycles. The second-order valence-electron chi connectivity index (χ2n) is 4.40. The molecule has 1 atom stereocenters. The minimum Gasteiger partial charge on any atom is -0.485 e. The number of nitrogens with two attached hydrogens (primary N) is 1. The van der Waals surface area contributed by atoms with Gasteiger partial charge in [0.25, 0.3) is 0 Å². The number of carbonyl (C=O) groups is 1. The number of rotatable bonds is 5. The molecule has 0 bridgehead atoms. The van der Waals surface area contributed by atoms with Gasteiger partial charge in [-0.15, -0.1) is 11.8 Å². The summed E-state index contributed by atoms with van der Waals surface area (Å²) in [5.74, 6) is 1.61. The van der Waals surface area contributed by atoms with Gasteiger partial charge in [-0.2, -0.15) is 0 Å². The Hall–Kier alpha value is -1.89. The lowest BCUT2D eigenvalue weighted by molar-refractivity contribution is -0.115. The SMILES string of the molecule is NC(COc1cccc(NC(=O)C2CCCS2)c1)=NO. The third-order valence-corrected chi connectivity index (χ3v) is 4.22. The summed E-state index contributed by atoms with van der Waals surface area (Å²) in [4.78, 5) is 12.0. The number of ether oxygens (including phenoxy) is 1. The predicted molar refractivity (Wildman–Crippen MR) is 79.5 cm³/mol. The molecule has 7 heteroatoms. The molecule has 1 heterocycles. The minimum absolute atomic E-state index is 0.00756. The number of nitrogens with one attached hydrogen (secondary N) is 1. The van der Waals surface area contributed by atoms with Crippen LogP contribution in [-0.2, 0) is 4.79 Å². The molecule has 6 nitrogen and oxygen atoms in total. The largest absolute Gasteiger partial charge is 0.485 e. The summed E-state index contributed by atoms with van der Waals surface area (Å²) in [5, 5.41) is 14.2. The van der Waals surface area contributed by atoms with Crippen LogP contribution in [0.3, 0.4) is 0 Å². The molecule has 20 heavy (non-hydrogen) atoms. The van der Waals surface area contributed by atoms with Crippen LogP contribution >= 0.6 is 11.8 Å². The van der Waals surface area contributed by atoms with Crippen molar-refractivity contribution in [1.82, 2.24) is 0 Å². The van der Waals surface area contributed by atoms with Crippen molar-refractivity contribution in [3.8, 4) is 5.75 Å². The van der Waals surface area contributed by atoms with Gasteiger partial charge in [-0.25, -0.2) is 0 Å². The van der Waals surface area contributed by atoms with Crippen LogP contribution in [-0.4, -0.2) is 34.6 Å². The maximum absolute atomic E-state index is 12.0. The fourth-order valence-corrected chi connectivity index (χ4v) is 3.02. The molecule has 1 aliphatic heterocycles. The van der Waals surface area contributed by atoms with Crippen molar-refractivity contribution in [3.05, 3.63) is 24.3 Å². The summed E-state index contributed by atoms with van der Waals surface area (Å²) in [6.07, 6.45) is 2.02. The van der Waals surface area contributed by atoms with Crippen molar-refractivity contribution < 1.29 is 14.7 Å². The van der Waals surface area contributed by atoms with Crippen molar-refractivity contribution in [3.63, 3.8) is 0 Å². The van der Waals surface area contributed by atoms with Gasteiger partial charge in [0.05, 0.1) is 5.25 Å². The number of amidine groups is 1. The summed E-state index contributed by atoms with van der Waals surface area (Å²) < 4.78 is 5.33. The highest BCUT2D eigenvalue weighted by molar-refractivity contribution is 8.00. The first-order valence-corrected chi connectivity index (χ1v) is 7.35. The van der Waals surface area contributed by atoms with E-state index >= 15 is 0 Å². The van der Waals surface area contributed by atoms with Gasteiger partial charge in [0, 0.05) is 11.8 Å². The average molecular weight is 295 g/mol. The number of nitrogens with zero attached hydrogens (tertiary/aromatic N) is 1. The van der Waals surface area contributed by atoms with Crippen molar-refractivity contribution in [1.29, 1.82) is 0 Å². The van der Waals surface area contributed by atoms with Crippen LogP contribution in [0.2, 0.25) is 0 Å². The summed E-state index contributed by atoms with van der Waals surface area (Å²) in [7, 11) is 0. The average Bonchev–Trinajstić information content (AvgIpc) is 2.99. The molecular weight excluding hydrogens is 278 g/mol. The molecule has 1 aromatic rings. The lowest BCUT2D eigenvalue weighted by atomic mass is 10.2. The Kier molecular flexibility index (Phi) is 5.11. The molecule has 1 aliphatic rings. The number of hydrogen-bond acceptors (Lipinski definition) is 5. The summed E-state index contributed by atoms with van der Waals surface area (Å²) in [5.41, 5.74) is 6.00. The number of amides is 1. The quantitative estimate of drug-likeness (QED) is 0.332. The van der Waals surface area contributed by atoms with Crippen LogP contribution in [0.5, 0.6) is 5.75 Å². The van der Waals surface area contributed by atoms with E-state index in [1.54, 1.807) is 36.0 Å². The van der Waals surface area contributed by atoms with Crippen LogP contribution < -0.4 is 15.8 Å².